The average molecular weight is 322 g/mol. The van der Waals surface area contributed by atoms with E-state index in [1.807, 2.05) is 30.0 Å². The van der Waals surface area contributed by atoms with Crippen LogP contribution in [0.4, 0.5) is 0 Å². The molecule has 1 aromatic carbocycles. The van der Waals surface area contributed by atoms with Gasteiger partial charge >= 0.3 is 0 Å². The molecule has 1 amide bonds. The van der Waals surface area contributed by atoms with Gasteiger partial charge in [-0.25, -0.2) is 0 Å². The third-order valence-corrected chi connectivity index (χ3v) is 4.72. The molecule has 1 fully saturated rings. The zero-order valence-corrected chi connectivity index (χ0v) is 14.0. The molecule has 1 heterocycles. The normalized spacial score (nSPS) is 19.6. The van der Waals surface area contributed by atoms with Gasteiger partial charge < -0.3 is 15.4 Å². The predicted octanol–water partition coefficient (Wildman–Crippen LogP) is 2.05. The maximum Gasteiger partial charge on any atom is 0.221 e. The lowest BCUT2D eigenvalue weighted by Crippen LogP contribution is -2.42. The summed E-state index contributed by atoms with van der Waals surface area (Å²) in [6, 6.07) is 10.5. The molecule has 2 unspecified atom stereocenters. The molecule has 0 radical (unpaired) electrons. The highest BCUT2D eigenvalue weighted by Gasteiger charge is 2.16. The average Bonchev–Trinajstić information content (AvgIpc) is 2.55. The fourth-order valence-electron chi connectivity index (χ4n) is 2.35. The number of carbonyl (C=O) groups is 1. The summed E-state index contributed by atoms with van der Waals surface area (Å²) in [5, 5.41) is 6.39. The molecule has 122 valence electrons. The van der Waals surface area contributed by atoms with E-state index in [2.05, 4.69) is 29.7 Å². The van der Waals surface area contributed by atoms with Crippen LogP contribution in [0.15, 0.2) is 30.3 Å². The van der Waals surface area contributed by atoms with E-state index >= 15 is 0 Å². The third kappa shape index (κ3) is 6.81. The number of nitrogens with one attached hydrogen (secondary N) is 2. The van der Waals surface area contributed by atoms with Gasteiger partial charge in [-0.05, 0) is 11.5 Å². The first-order valence-corrected chi connectivity index (χ1v) is 9.09. The molecule has 0 aromatic heterocycles. The minimum Gasteiger partial charge on any atom is -0.376 e. The van der Waals surface area contributed by atoms with Crippen molar-refractivity contribution in [1.29, 1.82) is 0 Å². The summed E-state index contributed by atoms with van der Waals surface area (Å²) in [6.45, 7) is 5.06. The molecule has 4 nitrogen and oxygen atoms in total. The van der Waals surface area contributed by atoms with Gasteiger partial charge in [0.15, 0.2) is 0 Å². The van der Waals surface area contributed by atoms with E-state index in [1.165, 1.54) is 5.56 Å². The second-order valence-corrected chi connectivity index (χ2v) is 6.99. The summed E-state index contributed by atoms with van der Waals surface area (Å²) in [5.41, 5.74) is 1.18. The van der Waals surface area contributed by atoms with E-state index < -0.39 is 0 Å². The first-order valence-electron chi connectivity index (χ1n) is 7.93. The van der Waals surface area contributed by atoms with Gasteiger partial charge in [0.05, 0.1) is 13.2 Å². The molecule has 2 rings (SSSR count). The lowest BCUT2D eigenvalue weighted by atomic mass is 10.1. The van der Waals surface area contributed by atoms with E-state index in [4.69, 9.17) is 4.74 Å². The molecule has 1 saturated heterocycles. The fraction of sp³-hybridized carbons (Fsp3) is 0.588. The van der Waals surface area contributed by atoms with Crippen molar-refractivity contribution in [2.45, 2.75) is 26.0 Å². The van der Waals surface area contributed by atoms with Crippen LogP contribution < -0.4 is 10.6 Å². The smallest absolute Gasteiger partial charge is 0.221 e. The van der Waals surface area contributed by atoms with Crippen LogP contribution in [0.25, 0.3) is 0 Å². The summed E-state index contributed by atoms with van der Waals surface area (Å²) in [4.78, 5) is 11.9. The predicted molar refractivity (Wildman–Crippen MR) is 92.0 cm³/mol. The van der Waals surface area contributed by atoms with Gasteiger partial charge in [0.1, 0.15) is 0 Å². The minimum absolute atomic E-state index is 0.134. The summed E-state index contributed by atoms with van der Waals surface area (Å²) in [7, 11) is 0. The van der Waals surface area contributed by atoms with Crippen LogP contribution in [0, 0.1) is 5.92 Å². The Morgan fingerprint density at radius 3 is 3.00 bits per heavy atom. The van der Waals surface area contributed by atoms with Crippen LogP contribution in [0.3, 0.4) is 0 Å². The van der Waals surface area contributed by atoms with E-state index in [9.17, 15) is 4.79 Å². The molecular formula is C17H26N2O2S. The Morgan fingerprint density at radius 2 is 2.27 bits per heavy atom. The zero-order valence-electron chi connectivity index (χ0n) is 13.2. The third-order valence-electron chi connectivity index (χ3n) is 3.59. The largest absolute Gasteiger partial charge is 0.376 e. The fourth-order valence-corrected chi connectivity index (χ4v) is 3.30. The number of hydrogen-bond donors (Lipinski definition) is 2. The molecule has 0 saturated carbocycles. The van der Waals surface area contributed by atoms with E-state index in [1.54, 1.807) is 0 Å². The monoisotopic (exact) mass is 322 g/mol. The molecule has 2 N–H and O–H groups in total. The van der Waals surface area contributed by atoms with Crippen molar-refractivity contribution in [2.75, 3.05) is 31.2 Å². The lowest BCUT2D eigenvalue weighted by Gasteiger charge is -2.22. The van der Waals surface area contributed by atoms with Crippen LogP contribution in [0.2, 0.25) is 0 Å². The maximum atomic E-state index is 11.9. The molecule has 5 heteroatoms. The van der Waals surface area contributed by atoms with Crippen molar-refractivity contribution in [3.63, 3.8) is 0 Å². The second kappa shape index (κ2) is 9.87. The first kappa shape index (κ1) is 17.3. The zero-order chi connectivity index (χ0) is 15.6. The Morgan fingerprint density at radius 1 is 1.45 bits per heavy atom. The van der Waals surface area contributed by atoms with Gasteiger partial charge in [-0.3, -0.25) is 4.79 Å². The highest BCUT2D eigenvalue weighted by molar-refractivity contribution is 7.99. The van der Waals surface area contributed by atoms with Crippen molar-refractivity contribution in [1.82, 2.24) is 10.6 Å². The quantitative estimate of drug-likeness (QED) is 0.769. The molecule has 22 heavy (non-hydrogen) atoms. The Labute approximate surface area is 137 Å². The van der Waals surface area contributed by atoms with Gasteiger partial charge in [0, 0.05) is 37.1 Å². The molecule has 0 spiro atoms. The molecule has 1 aromatic rings. The highest BCUT2D eigenvalue weighted by Crippen LogP contribution is 2.10. The summed E-state index contributed by atoms with van der Waals surface area (Å²) < 4.78 is 5.70. The van der Waals surface area contributed by atoms with Crippen LogP contribution >= 0.6 is 11.8 Å². The number of ether oxygens (including phenoxy) is 1. The maximum absolute atomic E-state index is 11.9. The number of thioether (sulfide) groups is 1. The van der Waals surface area contributed by atoms with Crippen molar-refractivity contribution in [2.24, 2.45) is 5.92 Å². The van der Waals surface area contributed by atoms with Crippen molar-refractivity contribution in [3.05, 3.63) is 35.9 Å². The van der Waals surface area contributed by atoms with Crippen molar-refractivity contribution >= 4 is 17.7 Å². The molecule has 2 atom stereocenters. The topological polar surface area (TPSA) is 50.4 Å². The second-order valence-electron chi connectivity index (χ2n) is 5.84. The number of carbonyl (C=O) groups excluding carboxylic acids is 1. The molecule has 1 aliphatic rings. The molecular weight excluding hydrogens is 296 g/mol. The Hall–Kier alpha value is -1.04. The Kier molecular flexibility index (Phi) is 7.77. The van der Waals surface area contributed by atoms with Crippen molar-refractivity contribution in [3.8, 4) is 0 Å². The SMILES string of the molecule is CC(CNC(=O)CC1CSCCN1)COCc1ccccc1. The summed E-state index contributed by atoms with van der Waals surface area (Å²) in [6.07, 6.45) is 0.574. The number of rotatable bonds is 8. The number of amides is 1. The van der Waals surface area contributed by atoms with Crippen LogP contribution in [0.5, 0.6) is 0 Å². The first-order chi connectivity index (χ1) is 10.7. The number of hydrogen-bond acceptors (Lipinski definition) is 4. The molecule has 1 aliphatic heterocycles. The van der Waals surface area contributed by atoms with E-state index in [0.29, 0.717) is 38.1 Å². The highest BCUT2D eigenvalue weighted by atomic mass is 32.2. The Bertz CT molecular complexity index is 436. The summed E-state index contributed by atoms with van der Waals surface area (Å²) in [5.74, 6) is 2.63. The van der Waals surface area contributed by atoms with Gasteiger partial charge in [0.2, 0.25) is 5.91 Å². The number of benzene rings is 1. The Balaban J connectivity index is 1.54. The van der Waals surface area contributed by atoms with Gasteiger partial charge in [-0.1, -0.05) is 37.3 Å². The van der Waals surface area contributed by atoms with Gasteiger partial charge in [-0.2, -0.15) is 11.8 Å². The molecule has 0 bridgehead atoms. The standard InChI is InChI=1S/C17H26N2O2S/c1-14(11-21-12-15-5-3-2-4-6-15)10-19-17(20)9-16-13-22-8-7-18-16/h2-6,14,16,18H,7-13H2,1H3,(H,19,20). The van der Waals surface area contributed by atoms with Crippen LogP contribution in [0.1, 0.15) is 18.9 Å². The lowest BCUT2D eigenvalue weighted by molar-refractivity contribution is -0.121. The van der Waals surface area contributed by atoms with Gasteiger partial charge in [0.25, 0.3) is 0 Å². The van der Waals surface area contributed by atoms with Crippen LogP contribution in [-0.2, 0) is 16.1 Å². The molecule has 0 aliphatic carbocycles. The van der Waals surface area contributed by atoms with Gasteiger partial charge in [-0.15, -0.1) is 0 Å². The van der Waals surface area contributed by atoms with Crippen LogP contribution in [-0.4, -0.2) is 43.2 Å². The van der Waals surface area contributed by atoms with Crippen molar-refractivity contribution < 1.29 is 9.53 Å². The van der Waals surface area contributed by atoms with E-state index in [-0.39, 0.29) is 5.91 Å². The summed E-state index contributed by atoms with van der Waals surface area (Å²) >= 11 is 1.92. The van der Waals surface area contributed by atoms with E-state index in [0.717, 1.165) is 18.1 Å². The minimum atomic E-state index is 0.134.